The average molecular weight is 333 g/mol. The second-order valence-corrected chi connectivity index (χ2v) is 7.88. The SMILES string of the molecule is C[C@H]1CN(C(=O)N2CCCC2)C[C@@]12CCN(c1ccsc1)C2=O. The van der Waals surface area contributed by atoms with Crippen LogP contribution >= 0.6 is 11.3 Å². The first-order valence-electron chi connectivity index (χ1n) is 8.50. The van der Waals surface area contributed by atoms with Gasteiger partial charge in [-0.1, -0.05) is 6.92 Å². The first-order chi connectivity index (χ1) is 11.1. The molecular weight excluding hydrogens is 310 g/mol. The molecule has 4 rings (SSSR count). The van der Waals surface area contributed by atoms with E-state index < -0.39 is 0 Å². The van der Waals surface area contributed by atoms with Crippen molar-refractivity contribution in [3.8, 4) is 0 Å². The van der Waals surface area contributed by atoms with Crippen LogP contribution in [0, 0.1) is 11.3 Å². The topological polar surface area (TPSA) is 43.9 Å². The third-order valence-corrected chi connectivity index (χ3v) is 6.50. The molecule has 3 amide bonds. The minimum absolute atomic E-state index is 0.132. The monoisotopic (exact) mass is 333 g/mol. The van der Waals surface area contributed by atoms with E-state index in [9.17, 15) is 9.59 Å². The Hall–Kier alpha value is -1.56. The molecule has 1 aromatic heterocycles. The van der Waals surface area contributed by atoms with Crippen LogP contribution in [0.2, 0.25) is 0 Å². The maximum Gasteiger partial charge on any atom is 0.320 e. The number of nitrogens with zero attached hydrogens (tertiary/aromatic N) is 3. The number of amides is 3. The van der Waals surface area contributed by atoms with E-state index in [0.717, 1.165) is 44.6 Å². The van der Waals surface area contributed by atoms with Crippen LogP contribution in [-0.2, 0) is 4.79 Å². The van der Waals surface area contributed by atoms with Crippen LogP contribution in [0.1, 0.15) is 26.2 Å². The zero-order valence-corrected chi connectivity index (χ0v) is 14.3. The van der Waals surface area contributed by atoms with Gasteiger partial charge >= 0.3 is 6.03 Å². The van der Waals surface area contributed by atoms with E-state index in [1.807, 2.05) is 31.5 Å². The number of carbonyl (C=O) groups excluding carboxylic acids is 2. The lowest BCUT2D eigenvalue weighted by Gasteiger charge is -2.27. The fraction of sp³-hybridized carbons (Fsp3) is 0.647. The summed E-state index contributed by atoms with van der Waals surface area (Å²) >= 11 is 1.62. The maximum atomic E-state index is 13.1. The Labute approximate surface area is 140 Å². The van der Waals surface area contributed by atoms with Gasteiger partial charge in [0.05, 0.1) is 11.1 Å². The van der Waals surface area contributed by atoms with E-state index in [1.165, 1.54) is 0 Å². The number of anilines is 1. The van der Waals surface area contributed by atoms with Crippen LogP contribution in [-0.4, -0.2) is 54.5 Å². The van der Waals surface area contributed by atoms with Gasteiger partial charge in [0.15, 0.2) is 0 Å². The van der Waals surface area contributed by atoms with Crippen LogP contribution in [0.25, 0.3) is 0 Å². The quantitative estimate of drug-likeness (QED) is 0.793. The van der Waals surface area contributed by atoms with E-state index in [1.54, 1.807) is 11.3 Å². The van der Waals surface area contributed by atoms with Gasteiger partial charge in [-0.05, 0) is 36.6 Å². The van der Waals surface area contributed by atoms with Gasteiger partial charge in [-0.15, -0.1) is 0 Å². The third-order valence-electron chi connectivity index (χ3n) is 5.83. The second-order valence-electron chi connectivity index (χ2n) is 7.10. The summed E-state index contributed by atoms with van der Waals surface area (Å²) < 4.78 is 0. The number of hydrogen-bond donors (Lipinski definition) is 0. The van der Waals surface area contributed by atoms with Crippen molar-refractivity contribution in [2.24, 2.45) is 11.3 Å². The van der Waals surface area contributed by atoms with Crippen molar-refractivity contribution < 1.29 is 9.59 Å². The molecule has 23 heavy (non-hydrogen) atoms. The van der Waals surface area contributed by atoms with Crippen LogP contribution < -0.4 is 4.90 Å². The third kappa shape index (κ3) is 2.26. The van der Waals surface area contributed by atoms with E-state index in [0.29, 0.717) is 13.1 Å². The molecule has 124 valence electrons. The van der Waals surface area contributed by atoms with Gasteiger partial charge in [-0.3, -0.25) is 4.79 Å². The van der Waals surface area contributed by atoms with E-state index in [4.69, 9.17) is 0 Å². The Morgan fingerprint density at radius 2 is 2.04 bits per heavy atom. The molecule has 6 heteroatoms. The van der Waals surface area contributed by atoms with Gasteiger partial charge in [0.25, 0.3) is 0 Å². The van der Waals surface area contributed by atoms with Crippen molar-refractivity contribution in [2.45, 2.75) is 26.2 Å². The number of likely N-dealkylation sites (tertiary alicyclic amines) is 2. The largest absolute Gasteiger partial charge is 0.325 e. The number of rotatable bonds is 1. The summed E-state index contributed by atoms with van der Waals surface area (Å²) in [5.41, 5.74) is 0.630. The summed E-state index contributed by atoms with van der Waals surface area (Å²) in [5, 5.41) is 4.04. The number of hydrogen-bond acceptors (Lipinski definition) is 3. The average Bonchev–Trinajstić information content (AvgIpc) is 3.31. The zero-order valence-electron chi connectivity index (χ0n) is 13.5. The predicted octanol–water partition coefficient (Wildman–Crippen LogP) is 2.64. The molecule has 4 heterocycles. The normalized spacial score (nSPS) is 30.9. The minimum Gasteiger partial charge on any atom is -0.325 e. The van der Waals surface area contributed by atoms with Crippen molar-refractivity contribution in [1.29, 1.82) is 0 Å². The Morgan fingerprint density at radius 3 is 2.74 bits per heavy atom. The molecule has 0 bridgehead atoms. The molecule has 0 aromatic carbocycles. The van der Waals surface area contributed by atoms with Crippen LogP contribution in [0.5, 0.6) is 0 Å². The first kappa shape index (κ1) is 15.0. The first-order valence-corrected chi connectivity index (χ1v) is 9.44. The fourth-order valence-corrected chi connectivity index (χ4v) is 5.01. The minimum atomic E-state index is -0.378. The van der Waals surface area contributed by atoms with Crippen molar-refractivity contribution in [3.63, 3.8) is 0 Å². The number of thiophene rings is 1. The van der Waals surface area contributed by atoms with Gasteiger partial charge in [-0.25, -0.2) is 4.79 Å². The molecule has 0 N–H and O–H groups in total. The molecule has 1 aromatic rings. The van der Waals surface area contributed by atoms with Gasteiger partial charge in [0, 0.05) is 38.1 Å². The lowest BCUT2D eigenvalue weighted by molar-refractivity contribution is -0.126. The summed E-state index contributed by atoms with van der Waals surface area (Å²) in [5.74, 6) is 0.435. The van der Waals surface area contributed by atoms with Crippen LogP contribution in [0.3, 0.4) is 0 Å². The maximum absolute atomic E-state index is 13.1. The van der Waals surface area contributed by atoms with Crippen molar-refractivity contribution in [3.05, 3.63) is 16.8 Å². The molecule has 3 aliphatic heterocycles. The predicted molar refractivity (Wildman–Crippen MR) is 90.7 cm³/mol. The highest BCUT2D eigenvalue weighted by atomic mass is 32.1. The summed E-state index contributed by atoms with van der Waals surface area (Å²) in [6.07, 6.45) is 3.06. The Kier molecular flexibility index (Phi) is 3.59. The molecule has 2 atom stereocenters. The van der Waals surface area contributed by atoms with Gasteiger partial charge in [0.1, 0.15) is 0 Å². The summed E-state index contributed by atoms with van der Waals surface area (Å²) in [6.45, 7) is 5.93. The molecular formula is C17H23N3O2S. The summed E-state index contributed by atoms with van der Waals surface area (Å²) in [4.78, 5) is 31.6. The standard InChI is InChI=1S/C17H23N3O2S/c1-13-10-19(16(22)18-6-2-3-7-18)12-17(13)5-8-20(15(17)21)14-4-9-23-11-14/h4,9,11,13H,2-3,5-8,10,12H2,1H3/t13-,17-/m0/s1. The second kappa shape index (κ2) is 5.51. The Morgan fingerprint density at radius 1 is 1.26 bits per heavy atom. The molecule has 3 fully saturated rings. The highest BCUT2D eigenvalue weighted by Gasteiger charge is 2.56. The van der Waals surface area contributed by atoms with Crippen molar-refractivity contribution >= 4 is 29.0 Å². The zero-order chi connectivity index (χ0) is 16.0. The van der Waals surface area contributed by atoms with Gasteiger partial charge in [-0.2, -0.15) is 11.3 Å². The molecule has 0 saturated carbocycles. The molecule has 3 saturated heterocycles. The number of urea groups is 1. The fourth-order valence-electron chi connectivity index (χ4n) is 4.37. The summed E-state index contributed by atoms with van der Waals surface area (Å²) in [7, 11) is 0. The molecule has 5 nitrogen and oxygen atoms in total. The van der Waals surface area contributed by atoms with Crippen LogP contribution in [0.4, 0.5) is 10.5 Å². The van der Waals surface area contributed by atoms with Gasteiger partial charge < -0.3 is 14.7 Å². The van der Waals surface area contributed by atoms with Crippen molar-refractivity contribution in [2.75, 3.05) is 37.6 Å². The molecule has 3 aliphatic rings. The lowest BCUT2D eigenvalue weighted by atomic mass is 9.78. The molecule has 0 radical (unpaired) electrons. The smallest absolute Gasteiger partial charge is 0.320 e. The Balaban J connectivity index is 1.53. The van der Waals surface area contributed by atoms with Gasteiger partial charge in [0.2, 0.25) is 5.91 Å². The highest BCUT2D eigenvalue weighted by molar-refractivity contribution is 7.08. The van der Waals surface area contributed by atoms with Crippen molar-refractivity contribution in [1.82, 2.24) is 9.80 Å². The van der Waals surface area contributed by atoms with E-state index in [2.05, 4.69) is 6.92 Å². The summed E-state index contributed by atoms with van der Waals surface area (Å²) in [6, 6.07) is 2.14. The lowest BCUT2D eigenvalue weighted by Crippen LogP contribution is -2.43. The molecule has 0 aliphatic carbocycles. The van der Waals surface area contributed by atoms with E-state index in [-0.39, 0.29) is 23.3 Å². The molecule has 1 spiro atoms. The van der Waals surface area contributed by atoms with E-state index >= 15 is 0 Å². The van der Waals surface area contributed by atoms with Crippen LogP contribution in [0.15, 0.2) is 16.8 Å². The Bertz CT molecular complexity index is 611. The number of carbonyl (C=O) groups is 2. The molecule has 0 unspecified atom stereocenters. The highest BCUT2D eigenvalue weighted by Crippen LogP contribution is 2.46.